The van der Waals surface area contributed by atoms with Crippen LogP contribution in [0.5, 0.6) is 0 Å². The number of sulfonamides is 1. The number of nitrogens with zero attached hydrogens (tertiary/aromatic N) is 3. The topological polar surface area (TPSA) is 88.2 Å². The first-order valence-corrected chi connectivity index (χ1v) is 9.24. The van der Waals surface area contributed by atoms with E-state index in [9.17, 15) is 17.2 Å². The molecule has 23 heavy (non-hydrogen) atoms. The maximum absolute atomic E-state index is 12.5. The molecule has 2 rings (SSSR count). The van der Waals surface area contributed by atoms with Gasteiger partial charge in [0.15, 0.2) is 5.96 Å². The van der Waals surface area contributed by atoms with Crippen molar-refractivity contribution in [3.05, 3.63) is 0 Å². The molecule has 10 heteroatoms. The number of nitrogens with two attached hydrogens (primary N) is 1. The maximum Gasteiger partial charge on any atom is 0.350 e. The first-order valence-electron chi connectivity index (χ1n) is 7.74. The van der Waals surface area contributed by atoms with Crippen LogP contribution in [0, 0.1) is 5.92 Å². The zero-order valence-corrected chi connectivity index (χ0v) is 14.0. The number of alkyl halides is 2. The van der Waals surface area contributed by atoms with Crippen molar-refractivity contribution >= 4 is 16.0 Å². The highest BCUT2D eigenvalue weighted by Crippen LogP contribution is 2.22. The lowest BCUT2D eigenvalue weighted by molar-refractivity contribution is 0.00526. The second-order valence-corrected chi connectivity index (χ2v) is 7.88. The number of hydrogen-bond acceptors (Lipinski definition) is 4. The zero-order valence-electron chi connectivity index (χ0n) is 13.2. The van der Waals surface area contributed by atoms with E-state index < -0.39 is 15.8 Å². The number of aliphatic imine (C=N–C) groups is 1. The molecule has 2 saturated heterocycles. The fraction of sp³-hybridized carbons (Fsp3) is 0.923. The van der Waals surface area contributed by atoms with Crippen molar-refractivity contribution in [2.75, 3.05) is 39.3 Å². The SMILES string of the molecule is CC1CN(C(N)=NCC2CCN(S(=O)(=O)C(F)F)CC2)CCO1. The van der Waals surface area contributed by atoms with Gasteiger partial charge in [0, 0.05) is 32.7 Å². The molecule has 0 radical (unpaired) electrons. The number of piperidine rings is 1. The Labute approximate surface area is 135 Å². The molecule has 1 atom stereocenters. The van der Waals surface area contributed by atoms with Gasteiger partial charge in [0.05, 0.1) is 12.7 Å². The second-order valence-electron chi connectivity index (χ2n) is 5.97. The minimum Gasteiger partial charge on any atom is -0.375 e. The van der Waals surface area contributed by atoms with Crippen molar-refractivity contribution in [3.63, 3.8) is 0 Å². The maximum atomic E-state index is 12.5. The van der Waals surface area contributed by atoms with E-state index in [4.69, 9.17) is 10.5 Å². The molecule has 2 aliphatic heterocycles. The molecule has 2 fully saturated rings. The smallest absolute Gasteiger partial charge is 0.350 e. The van der Waals surface area contributed by atoms with Gasteiger partial charge in [0.25, 0.3) is 10.0 Å². The van der Waals surface area contributed by atoms with Crippen molar-refractivity contribution in [1.82, 2.24) is 9.21 Å². The van der Waals surface area contributed by atoms with Crippen LogP contribution in [-0.2, 0) is 14.8 Å². The normalized spacial score (nSPS) is 26.0. The van der Waals surface area contributed by atoms with E-state index >= 15 is 0 Å². The molecule has 134 valence electrons. The average molecular weight is 354 g/mol. The summed E-state index contributed by atoms with van der Waals surface area (Å²) >= 11 is 0. The van der Waals surface area contributed by atoms with Gasteiger partial charge in [-0.2, -0.15) is 13.1 Å². The van der Waals surface area contributed by atoms with Crippen molar-refractivity contribution in [2.24, 2.45) is 16.6 Å². The Hall–Kier alpha value is -1.00. The molecular formula is C13H24F2N4O3S. The molecule has 0 aromatic heterocycles. The Balaban J connectivity index is 1.81. The summed E-state index contributed by atoms with van der Waals surface area (Å²) in [5.41, 5.74) is 5.98. The minimum atomic E-state index is -4.46. The van der Waals surface area contributed by atoms with Gasteiger partial charge in [-0.15, -0.1) is 0 Å². The first kappa shape index (κ1) is 18.3. The summed E-state index contributed by atoms with van der Waals surface area (Å²) in [6.45, 7) is 4.69. The predicted molar refractivity (Wildman–Crippen MR) is 82.7 cm³/mol. The molecule has 0 spiro atoms. The van der Waals surface area contributed by atoms with Crippen LogP contribution >= 0.6 is 0 Å². The summed E-state index contributed by atoms with van der Waals surface area (Å²) in [5.74, 6) is -2.73. The summed E-state index contributed by atoms with van der Waals surface area (Å²) in [5, 5.41) is 0. The number of hydrogen-bond donors (Lipinski definition) is 1. The van der Waals surface area contributed by atoms with Crippen LogP contribution in [0.2, 0.25) is 0 Å². The molecule has 2 aliphatic rings. The van der Waals surface area contributed by atoms with E-state index in [0.29, 0.717) is 45.0 Å². The number of guanidine groups is 1. The molecule has 0 saturated carbocycles. The van der Waals surface area contributed by atoms with E-state index in [0.717, 1.165) is 4.31 Å². The van der Waals surface area contributed by atoms with Gasteiger partial charge >= 0.3 is 5.76 Å². The quantitative estimate of drug-likeness (QED) is 0.579. The van der Waals surface area contributed by atoms with Gasteiger partial charge in [-0.1, -0.05) is 0 Å². The molecule has 2 N–H and O–H groups in total. The van der Waals surface area contributed by atoms with Crippen molar-refractivity contribution < 1.29 is 21.9 Å². The van der Waals surface area contributed by atoms with Crippen LogP contribution in [0.3, 0.4) is 0 Å². The number of morpholine rings is 1. The Morgan fingerprint density at radius 2 is 2.00 bits per heavy atom. The number of halogens is 2. The molecule has 0 aliphatic carbocycles. The second kappa shape index (κ2) is 7.71. The van der Waals surface area contributed by atoms with Crippen LogP contribution in [-0.4, -0.2) is 74.8 Å². The third kappa shape index (κ3) is 4.74. The molecule has 0 aromatic carbocycles. The minimum absolute atomic E-state index is 0.111. The first-order chi connectivity index (χ1) is 10.8. The van der Waals surface area contributed by atoms with Crippen LogP contribution in [0.4, 0.5) is 8.78 Å². The van der Waals surface area contributed by atoms with Crippen molar-refractivity contribution in [1.29, 1.82) is 0 Å². The largest absolute Gasteiger partial charge is 0.375 e. The van der Waals surface area contributed by atoms with E-state index in [1.54, 1.807) is 0 Å². The standard InChI is InChI=1S/C13H24F2N4O3S/c1-10-9-18(6-7-22-10)13(16)17-8-11-2-4-19(5-3-11)23(20,21)12(14)15/h10-12H,2-9H2,1H3,(H2,16,17). The molecular weight excluding hydrogens is 330 g/mol. The highest BCUT2D eigenvalue weighted by atomic mass is 32.2. The lowest BCUT2D eigenvalue weighted by Crippen LogP contribution is -2.48. The Morgan fingerprint density at radius 3 is 2.57 bits per heavy atom. The Kier molecular flexibility index (Phi) is 6.15. The molecule has 2 heterocycles. The lowest BCUT2D eigenvalue weighted by Gasteiger charge is -2.33. The van der Waals surface area contributed by atoms with E-state index in [1.165, 1.54) is 0 Å². The average Bonchev–Trinajstić information content (AvgIpc) is 2.52. The van der Waals surface area contributed by atoms with Gasteiger partial charge in [-0.3, -0.25) is 4.99 Å². The van der Waals surface area contributed by atoms with Gasteiger partial charge in [0.2, 0.25) is 0 Å². The van der Waals surface area contributed by atoms with E-state index in [2.05, 4.69) is 4.99 Å². The lowest BCUT2D eigenvalue weighted by atomic mass is 9.98. The number of rotatable bonds is 4. The molecule has 7 nitrogen and oxygen atoms in total. The van der Waals surface area contributed by atoms with Crippen LogP contribution in [0.25, 0.3) is 0 Å². The zero-order chi connectivity index (χ0) is 17.0. The van der Waals surface area contributed by atoms with Gasteiger partial charge in [0.1, 0.15) is 0 Å². The molecule has 0 bridgehead atoms. The predicted octanol–water partition coefficient (Wildman–Crippen LogP) is 0.286. The molecule has 0 aromatic rings. The Bertz CT molecular complexity index is 521. The summed E-state index contributed by atoms with van der Waals surface area (Å²) < 4.78 is 54.1. The van der Waals surface area contributed by atoms with Gasteiger partial charge < -0.3 is 15.4 Å². The molecule has 1 unspecified atom stereocenters. The summed E-state index contributed by atoms with van der Waals surface area (Å²) in [6, 6.07) is 0. The van der Waals surface area contributed by atoms with Gasteiger partial charge in [-0.25, -0.2) is 8.42 Å². The van der Waals surface area contributed by atoms with Crippen LogP contribution in [0.1, 0.15) is 19.8 Å². The number of ether oxygens (including phenoxy) is 1. The summed E-state index contributed by atoms with van der Waals surface area (Å²) in [6.07, 6.45) is 1.14. The van der Waals surface area contributed by atoms with E-state index in [-0.39, 0.29) is 25.1 Å². The monoisotopic (exact) mass is 354 g/mol. The fourth-order valence-corrected chi connectivity index (χ4v) is 3.75. The third-order valence-electron chi connectivity index (χ3n) is 4.24. The highest BCUT2D eigenvalue weighted by Gasteiger charge is 2.34. The highest BCUT2D eigenvalue weighted by molar-refractivity contribution is 7.89. The van der Waals surface area contributed by atoms with Crippen LogP contribution < -0.4 is 5.73 Å². The summed E-state index contributed by atoms with van der Waals surface area (Å²) in [7, 11) is -4.46. The third-order valence-corrected chi connectivity index (χ3v) is 5.77. The van der Waals surface area contributed by atoms with Crippen LogP contribution in [0.15, 0.2) is 4.99 Å². The van der Waals surface area contributed by atoms with Crippen molar-refractivity contribution in [2.45, 2.75) is 31.6 Å². The Morgan fingerprint density at radius 1 is 1.35 bits per heavy atom. The van der Waals surface area contributed by atoms with Crippen molar-refractivity contribution in [3.8, 4) is 0 Å². The molecule has 0 amide bonds. The van der Waals surface area contributed by atoms with Gasteiger partial charge in [-0.05, 0) is 25.7 Å². The fourth-order valence-electron chi connectivity index (χ4n) is 2.81. The van der Waals surface area contributed by atoms with E-state index in [1.807, 2.05) is 11.8 Å². The summed E-state index contributed by atoms with van der Waals surface area (Å²) in [4.78, 5) is 6.34.